The van der Waals surface area contributed by atoms with Crippen LogP contribution in [0.5, 0.6) is 0 Å². The summed E-state index contributed by atoms with van der Waals surface area (Å²) < 4.78 is 0. The van der Waals surface area contributed by atoms with Gasteiger partial charge >= 0.3 is 0 Å². The van der Waals surface area contributed by atoms with Gasteiger partial charge in [0.15, 0.2) is 0 Å². The molecule has 0 radical (unpaired) electrons. The predicted molar refractivity (Wildman–Crippen MR) is 126 cm³/mol. The highest BCUT2D eigenvalue weighted by Gasteiger charge is 2.16. The van der Waals surface area contributed by atoms with Gasteiger partial charge in [0.05, 0.1) is 16.0 Å². The predicted octanol–water partition coefficient (Wildman–Crippen LogP) is 6.67. The van der Waals surface area contributed by atoms with Crippen LogP contribution in [0.25, 0.3) is 0 Å². The Hall–Kier alpha value is -2.47. The molecule has 30 heavy (non-hydrogen) atoms. The lowest BCUT2D eigenvalue weighted by atomic mass is 10.1. The van der Waals surface area contributed by atoms with Crippen molar-refractivity contribution in [3.8, 4) is 0 Å². The van der Waals surface area contributed by atoms with Gasteiger partial charge in [-0.2, -0.15) is 0 Å². The van der Waals surface area contributed by atoms with Crippen LogP contribution in [0.3, 0.4) is 0 Å². The Morgan fingerprint density at radius 3 is 2.37 bits per heavy atom. The number of hydrogen-bond donors (Lipinski definition) is 2. The highest BCUT2D eigenvalue weighted by atomic mass is 35.5. The van der Waals surface area contributed by atoms with Gasteiger partial charge in [0, 0.05) is 21.2 Å². The van der Waals surface area contributed by atoms with Gasteiger partial charge in [0.1, 0.15) is 0 Å². The summed E-state index contributed by atoms with van der Waals surface area (Å²) in [6.45, 7) is 3.78. The normalized spacial score (nSPS) is 11.6. The zero-order valence-corrected chi connectivity index (χ0v) is 18.7. The molecule has 0 aliphatic carbocycles. The minimum Gasteiger partial charge on any atom is -0.324 e. The van der Waals surface area contributed by atoms with E-state index >= 15 is 0 Å². The first-order valence-electron chi connectivity index (χ1n) is 9.22. The Kier molecular flexibility index (Phi) is 7.43. The third-order valence-electron chi connectivity index (χ3n) is 4.28. The molecule has 1 atom stereocenters. The minimum absolute atomic E-state index is 0.180. The number of thioether (sulfide) groups is 1. The Morgan fingerprint density at radius 2 is 1.67 bits per heavy atom. The molecule has 3 aromatic carbocycles. The number of hydrogen-bond acceptors (Lipinski definition) is 3. The number of aryl methyl sites for hydroxylation is 1. The van der Waals surface area contributed by atoms with Crippen LogP contribution in [0.4, 0.5) is 11.4 Å². The summed E-state index contributed by atoms with van der Waals surface area (Å²) in [5.41, 5.74) is 2.86. The topological polar surface area (TPSA) is 58.2 Å². The fourth-order valence-electron chi connectivity index (χ4n) is 2.64. The maximum atomic E-state index is 12.5. The van der Waals surface area contributed by atoms with Gasteiger partial charge in [-0.05, 0) is 62.4 Å². The molecule has 0 saturated heterocycles. The van der Waals surface area contributed by atoms with Gasteiger partial charge in [0.2, 0.25) is 5.91 Å². The van der Waals surface area contributed by atoms with Gasteiger partial charge in [-0.15, -0.1) is 11.8 Å². The Bertz CT molecular complexity index is 1070. The minimum atomic E-state index is -0.375. The highest BCUT2D eigenvalue weighted by molar-refractivity contribution is 8.00. The summed E-state index contributed by atoms with van der Waals surface area (Å²) in [6, 6.07) is 19.7. The van der Waals surface area contributed by atoms with Gasteiger partial charge in [0.25, 0.3) is 5.91 Å². The lowest BCUT2D eigenvalue weighted by molar-refractivity contribution is -0.115. The van der Waals surface area contributed by atoms with Gasteiger partial charge in [-0.25, -0.2) is 0 Å². The number of anilines is 2. The van der Waals surface area contributed by atoms with E-state index in [1.165, 1.54) is 11.8 Å². The van der Waals surface area contributed by atoms with Crippen LogP contribution in [0.15, 0.2) is 71.6 Å². The number of carbonyl (C=O) groups excluding carboxylic acids is 2. The van der Waals surface area contributed by atoms with E-state index < -0.39 is 0 Å². The zero-order chi connectivity index (χ0) is 21.7. The lowest BCUT2D eigenvalue weighted by Crippen LogP contribution is -2.22. The molecular weight excluding hydrogens is 439 g/mol. The van der Waals surface area contributed by atoms with Gasteiger partial charge in [-0.3, -0.25) is 9.59 Å². The average molecular weight is 459 g/mol. The first-order chi connectivity index (χ1) is 14.3. The van der Waals surface area contributed by atoms with Crippen molar-refractivity contribution >= 4 is 58.2 Å². The average Bonchev–Trinajstić information content (AvgIpc) is 2.70. The molecule has 0 heterocycles. The van der Waals surface area contributed by atoms with Crippen LogP contribution in [-0.2, 0) is 4.79 Å². The van der Waals surface area contributed by atoms with Crippen molar-refractivity contribution in [3.05, 3.63) is 87.9 Å². The van der Waals surface area contributed by atoms with Crippen molar-refractivity contribution in [2.24, 2.45) is 0 Å². The number of carbonyl (C=O) groups is 2. The first-order valence-corrected chi connectivity index (χ1v) is 10.9. The van der Waals surface area contributed by atoms with Crippen LogP contribution in [-0.4, -0.2) is 17.1 Å². The fraction of sp³-hybridized carbons (Fsp3) is 0.130. The van der Waals surface area contributed by atoms with Crippen LogP contribution in [0.2, 0.25) is 10.0 Å². The molecule has 154 valence electrons. The second-order valence-corrected chi connectivity index (χ2v) is 8.98. The molecule has 0 fully saturated rings. The van der Waals surface area contributed by atoms with Crippen molar-refractivity contribution < 1.29 is 9.59 Å². The third-order valence-corrected chi connectivity index (χ3v) is 5.92. The molecule has 0 spiro atoms. The molecule has 0 aliphatic heterocycles. The maximum absolute atomic E-state index is 12.5. The van der Waals surface area contributed by atoms with E-state index in [9.17, 15) is 9.59 Å². The van der Waals surface area contributed by atoms with Gasteiger partial charge in [-0.1, -0.05) is 47.0 Å². The van der Waals surface area contributed by atoms with Crippen LogP contribution in [0, 0.1) is 6.92 Å². The van der Waals surface area contributed by atoms with Crippen LogP contribution in [0.1, 0.15) is 22.8 Å². The number of nitrogens with one attached hydrogen (secondary N) is 2. The number of amides is 2. The zero-order valence-electron chi connectivity index (χ0n) is 16.4. The first kappa shape index (κ1) is 22.2. The summed E-state index contributed by atoms with van der Waals surface area (Å²) in [6.07, 6.45) is 0. The maximum Gasteiger partial charge on any atom is 0.255 e. The largest absolute Gasteiger partial charge is 0.324 e. The second kappa shape index (κ2) is 10.0. The van der Waals surface area contributed by atoms with E-state index in [1.807, 2.05) is 43.3 Å². The standard InChI is InChI=1S/C23H20Cl2N2O2S/c1-14-6-8-16(9-7-14)23(29)26-18-4-3-5-19(13-18)30-15(2)22(28)27-21-11-10-17(24)12-20(21)25/h3-13,15H,1-2H3,(H,26,29)(H,27,28). The van der Waals surface area contributed by atoms with Gasteiger partial charge < -0.3 is 10.6 Å². The Labute approximate surface area is 190 Å². The van der Waals surface area contributed by atoms with Crippen molar-refractivity contribution in [2.45, 2.75) is 24.0 Å². The molecule has 0 saturated carbocycles. The van der Waals surface area contributed by atoms with Crippen molar-refractivity contribution in [1.82, 2.24) is 0 Å². The number of benzene rings is 3. The van der Waals surface area contributed by atoms with E-state index in [1.54, 1.807) is 37.3 Å². The Morgan fingerprint density at radius 1 is 0.933 bits per heavy atom. The summed E-state index contributed by atoms with van der Waals surface area (Å²) >= 11 is 13.4. The molecule has 2 N–H and O–H groups in total. The van der Waals surface area contributed by atoms with Crippen molar-refractivity contribution in [2.75, 3.05) is 10.6 Å². The molecule has 2 amide bonds. The van der Waals surface area contributed by atoms with E-state index in [4.69, 9.17) is 23.2 Å². The summed E-state index contributed by atoms with van der Waals surface area (Å²) in [4.78, 5) is 25.8. The van der Waals surface area contributed by atoms with E-state index in [-0.39, 0.29) is 17.1 Å². The fourth-order valence-corrected chi connectivity index (χ4v) is 4.02. The summed E-state index contributed by atoms with van der Waals surface area (Å²) in [5, 5.41) is 6.21. The molecule has 3 rings (SSSR count). The summed E-state index contributed by atoms with van der Waals surface area (Å²) in [5.74, 6) is -0.362. The van der Waals surface area contributed by atoms with Crippen molar-refractivity contribution in [1.29, 1.82) is 0 Å². The molecule has 0 bridgehead atoms. The number of halogens is 2. The molecule has 3 aromatic rings. The molecule has 1 unspecified atom stereocenters. The van der Waals surface area contributed by atoms with E-state index in [0.717, 1.165) is 10.5 Å². The molecule has 4 nitrogen and oxygen atoms in total. The molecular formula is C23H20Cl2N2O2S. The number of rotatable bonds is 6. The smallest absolute Gasteiger partial charge is 0.255 e. The van der Waals surface area contributed by atoms with E-state index in [0.29, 0.717) is 27.0 Å². The molecule has 0 aliphatic rings. The van der Waals surface area contributed by atoms with Crippen molar-refractivity contribution in [3.63, 3.8) is 0 Å². The lowest BCUT2D eigenvalue weighted by Gasteiger charge is -2.14. The Balaban J connectivity index is 1.63. The van der Waals surface area contributed by atoms with E-state index in [2.05, 4.69) is 10.6 Å². The highest BCUT2D eigenvalue weighted by Crippen LogP contribution is 2.29. The van der Waals surface area contributed by atoms with Crippen LogP contribution < -0.4 is 10.6 Å². The summed E-state index contributed by atoms with van der Waals surface area (Å²) in [7, 11) is 0. The van der Waals surface area contributed by atoms with Crippen LogP contribution >= 0.6 is 35.0 Å². The quantitative estimate of drug-likeness (QED) is 0.405. The molecule has 7 heteroatoms. The SMILES string of the molecule is Cc1ccc(C(=O)Nc2cccc(SC(C)C(=O)Nc3ccc(Cl)cc3Cl)c2)cc1. The second-order valence-electron chi connectivity index (χ2n) is 6.72. The monoisotopic (exact) mass is 458 g/mol. The third kappa shape index (κ3) is 6.02. The molecule has 0 aromatic heterocycles.